The fourth-order valence-corrected chi connectivity index (χ4v) is 1.39. The molecule has 0 bridgehead atoms. The van der Waals surface area contributed by atoms with Crippen LogP contribution in [0.5, 0.6) is 0 Å². The molecular weight excluding hydrogens is 216 g/mol. The van der Waals surface area contributed by atoms with Gasteiger partial charge in [0.15, 0.2) is 5.78 Å². The zero-order valence-corrected chi connectivity index (χ0v) is 9.82. The average molecular weight is 234 g/mol. The highest BCUT2D eigenvalue weighted by Gasteiger charge is 2.00. The van der Waals surface area contributed by atoms with Gasteiger partial charge in [0, 0.05) is 19.5 Å². The Kier molecular flexibility index (Phi) is 6.86. The number of hydrogen-bond donors (Lipinski definition) is 2. The van der Waals surface area contributed by atoms with Crippen LogP contribution < -0.4 is 10.6 Å². The Hall–Kier alpha value is -1.52. The maximum absolute atomic E-state index is 11.4. The number of benzene rings is 1. The van der Waals surface area contributed by atoms with Gasteiger partial charge in [0.2, 0.25) is 0 Å². The summed E-state index contributed by atoms with van der Waals surface area (Å²) in [5, 5.41) is 6.00. The minimum Gasteiger partial charge on any atom is -0.310 e. The summed E-state index contributed by atoms with van der Waals surface area (Å²) in [5.41, 5.74) is 1.16. The standard InChI is InChI=1S/C13H18N2O2/c16-8-4-7-14-10-13(17)11-15-9-12-5-2-1-3-6-12/h1-3,5-6,8,14-15H,4,7,9-11H2. The van der Waals surface area contributed by atoms with E-state index in [1.54, 1.807) is 0 Å². The summed E-state index contributed by atoms with van der Waals surface area (Å²) in [6.07, 6.45) is 1.29. The fraction of sp³-hybridized carbons (Fsp3) is 0.385. The molecule has 0 aliphatic rings. The molecular formula is C13H18N2O2. The van der Waals surface area contributed by atoms with Gasteiger partial charge < -0.3 is 15.4 Å². The predicted molar refractivity (Wildman–Crippen MR) is 66.7 cm³/mol. The first kappa shape index (κ1) is 13.5. The average Bonchev–Trinajstić information content (AvgIpc) is 2.36. The second kappa shape index (κ2) is 8.61. The van der Waals surface area contributed by atoms with Gasteiger partial charge in [-0.05, 0) is 5.56 Å². The molecule has 0 unspecified atom stereocenters. The van der Waals surface area contributed by atoms with Gasteiger partial charge in [-0.25, -0.2) is 0 Å². The lowest BCUT2D eigenvalue weighted by molar-refractivity contribution is -0.117. The number of Topliss-reactive ketones (excluding diaryl/α,β-unsaturated/α-hetero) is 1. The van der Waals surface area contributed by atoms with Gasteiger partial charge in [-0.15, -0.1) is 0 Å². The summed E-state index contributed by atoms with van der Waals surface area (Å²) >= 11 is 0. The zero-order chi connectivity index (χ0) is 12.3. The van der Waals surface area contributed by atoms with Crippen molar-refractivity contribution in [1.82, 2.24) is 10.6 Å². The Morgan fingerprint density at radius 3 is 2.53 bits per heavy atom. The summed E-state index contributed by atoms with van der Waals surface area (Å²) in [6, 6.07) is 9.94. The molecule has 0 amide bonds. The van der Waals surface area contributed by atoms with E-state index < -0.39 is 0 Å². The molecule has 4 heteroatoms. The highest BCUT2D eigenvalue weighted by molar-refractivity contribution is 5.82. The number of rotatable bonds is 9. The van der Waals surface area contributed by atoms with Gasteiger partial charge in [-0.2, -0.15) is 0 Å². The lowest BCUT2D eigenvalue weighted by Crippen LogP contribution is -2.31. The van der Waals surface area contributed by atoms with Crippen molar-refractivity contribution < 1.29 is 9.59 Å². The predicted octanol–water partition coefficient (Wildman–Crippen LogP) is 0.524. The molecule has 0 atom stereocenters. The molecule has 4 nitrogen and oxygen atoms in total. The van der Waals surface area contributed by atoms with Crippen LogP contribution in [0.4, 0.5) is 0 Å². The normalized spacial score (nSPS) is 10.1. The van der Waals surface area contributed by atoms with Gasteiger partial charge >= 0.3 is 0 Å². The highest BCUT2D eigenvalue weighted by Crippen LogP contribution is 1.96. The minimum absolute atomic E-state index is 0.104. The molecule has 0 heterocycles. The molecule has 0 aromatic heterocycles. The first-order valence-corrected chi connectivity index (χ1v) is 5.73. The molecule has 0 radical (unpaired) electrons. The van der Waals surface area contributed by atoms with Crippen molar-refractivity contribution in [3.8, 4) is 0 Å². The summed E-state index contributed by atoms with van der Waals surface area (Å²) in [6.45, 7) is 1.92. The van der Waals surface area contributed by atoms with E-state index in [-0.39, 0.29) is 5.78 Å². The van der Waals surface area contributed by atoms with Crippen LogP contribution in [-0.4, -0.2) is 31.7 Å². The number of carbonyl (C=O) groups excluding carboxylic acids is 2. The summed E-state index contributed by atoms with van der Waals surface area (Å²) in [5.74, 6) is 0.104. The molecule has 17 heavy (non-hydrogen) atoms. The number of ketones is 1. The van der Waals surface area contributed by atoms with Gasteiger partial charge in [-0.1, -0.05) is 30.3 Å². The van der Waals surface area contributed by atoms with Crippen molar-refractivity contribution >= 4 is 12.1 Å². The van der Waals surface area contributed by atoms with Crippen LogP contribution in [0.3, 0.4) is 0 Å². The molecule has 2 N–H and O–H groups in total. The lowest BCUT2D eigenvalue weighted by Gasteiger charge is -2.05. The van der Waals surface area contributed by atoms with Gasteiger partial charge in [0.1, 0.15) is 6.29 Å². The molecule has 92 valence electrons. The first-order chi connectivity index (χ1) is 8.33. The van der Waals surface area contributed by atoms with E-state index in [0.717, 1.165) is 11.8 Å². The molecule has 0 spiro atoms. The van der Waals surface area contributed by atoms with Crippen LogP contribution in [0.15, 0.2) is 30.3 Å². The Bertz CT molecular complexity index is 339. The van der Waals surface area contributed by atoms with Crippen molar-refractivity contribution in [3.63, 3.8) is 0 Å². The Labute approximate surface area is 101 Å². The monoisotopic (exact) mass is 234 g/mol. The van der Waals surface area contributed by atoms with Crippen LogP contribution in [0, 0.1) is 0 Å². The molecule has 0 aliphatic heterocycles. The van der Waals surface area contributed by atoms with E-state index in [1.165, 1.54) is 0 Å². The third-order valence-corrected chi connectivity index (χ3v) is 2.26. The lowest BCUT2D eigenvalue weighted by atomic mass is 10.2. The van der Waals surface area contributed by atoms with Crippen LogP contribution in [0.2, 0.25) is 0 Å². The van der Waals surface area contributed by atoms with E-state index in [0.29, 0.717) is 32.6 Å². The molecule has 0 aliphatic carbocycles. The summed E-state index contributed by atoms with van der Waals surface area (Å²) in [4.78, 5) is 21.4. The second-order valence-corrected chi connectivity index (χ2v) is 3.76. The molecule has 0 fully saturated rings. The third kappa shape index (κ3) is 6.60. The maximum atomic E-state index is 11.4. The Balaban J connectivity index is 2.06. The minimum atomic E-state index is 0.104. The third-order valence-electron chi connectivity index (χ3n) is 2.26. The van der Waals surface area contributed by atoms with Crippen LogP contribution >= 0.6 is 0 Å². The van der Waals surface area contributed by atoms with E-state index in [2.05, 4.69) is 10.6 Å². The summed E-state index contributed by atoms with van der Waals surface area (Å²) < 4.78 is 0. The van der Waals surface area contributed by atoms with Crippen LogP contribution in [0.1, 0.15) is 12.0 Å². The molecule has 1 aromatic carbocycles. The first-order valence-electron chi connectivity index (χ1n) is 5.73. The Morgan fingerprint density at radius 1 is 1.12 bits per heavy atom. The van der Waals surface area contributed by atoms with E-state index in [1.807, 2.05) is 30.3 Å². The molecule has 0 saturated carbocycles. The van der Waals surface area contributed by atoms with E-state index >= 15 is 0 Å². The van der Waals surface area contributed by atoms with Crippen LogP contribution in [-0.2, 0) is 16.1 Å². The highest BCUT2D eigenvalue weighted by atomic mass is 16.1. The SMILES string of the molecule is O=CCCNCC(=O)CNCc1ccccc1. The number of aldehydes is 1. The largest absolute Gasteiger partial charge is 0.310 e. The maximum Gasteiger partial charge on any atom is 0.160 e. The van der Waals surface area contributed by atoms with E-state index in [4.69, 9.17) is 0 Å². The van der Waals surface area contributed by atoms with Crippen molar-refractivity contribution in [1.29, 1.82) is 0 Å². The number of carbonyl (C=O) groups is 2. The van der Waals surface area contributed by atoms with Crippen molar-refractivity contribution in [2.45, 2.75) is 13.0 Å². The van der Waals surface area contributed by atoms with Crippen molar-refractivity contribution in [2.24, 2.45) is 0 Å². The van der Waals surface area contributed by atoms with Gasteiger partial charge in [0.25, 0.3) is 0 Å². The van der Waals surface area contributed by atoms with Gasteiger partial charge in [-0.3, -0.25) is 4.79 Å². The fourth-order valence-electron chi connectivity index (χ4n) is 1.39. The summed E-state index contributed by atoms with van der Waals surface area (Å²) in [7, 11) is 0. The molecule has 1 rings (SSSR count). The smallest absolute Gasteiger partial charge is 0.160 e. The van der Waals surface area contributed by atoms with Crippen molar-refractivity contribution in [2.75, 3.05) is 19.6 Å². The molecule has 1 aromatic rings. The van der Waals surface area contributed by atoms with Gasteiger partial charge in [0.05, 0.1) is 13.1 Å². The van der Waals surface area contributed by atoms with E-state index in [9.17, 15) is 9.59 Å². The van der Waals surface area contributed by atoms with Crippen molar-refractivity contribution in [3.05, 3.63) is 35.9 Å². The number of hydrogen-bond acceptors (Lipinski definition) is 4. The van der Waals surface area contributed by atoms with Crippen LogP contribution in [0.25, 0.3) is 0 Å². The quantitative estimate of drug-likeness (QED) is 0.483. The number of nitrogens with one attached hydrogen (secondary N) is 2. The molecule has 0 saturated heterocycles. The Morgan fingerprint density at radius 2 is 1.82 bits per heavy atom. The topological polar surface area (TPSA) is 58.2 Å². The second-order valence-electron chi connectivity index (χ2n) is 3.76. The zero-order valence-electron chi connectivity index (χ0n) is 9.82.